The van der Waals surface area contributed by atoms with Gasteiger partial charge in [-0.2, -0.15) is 0 Å². The Morgan fingerprint density at radius 1 is 1.28 bits per heavy atom. The predicted octanol–water partition coefficient (Wildman–Crippen LogP) is 2.91. The second-order valence-electron chi connectivity index (χ2n) is 4.72. The molecule has 1 aromatic heterocycles. The third-order valence-corrected chi connectivity index (χ3v) is 2.63. The molecule has 2 rings (SSSR count). The van der Waals surface area contributed by atoms with Crippen LogP contribution >= 0.6 is 0 Å². The highest BCUT2D eigenvalue weighted by molar-refractivity contribution is 6.07. The molecule has 0 saturated carbocycles. The Bertz CT molecular complexity index is 535. The Balaban J connectivity index is 2.26. The van der Waals surface area contributed by atoms with E-state index in [-0.39, 0.29) is 5.78 Å². The van der Waals surface area contributed by atoms with Crippen molar-refractivity contribution in [3.63, 3.8) is 0 Å². The van der Waals surface area contributed by atoms with Gasteiger partial charge in [-0.05, 0) is 24.0 Å². The monoisotopic (exact) mass is 240 g/mol. The number of carbonyl (C=O) groups excluding carboxylic acids is 1. The number of carbonyl (C=O) groups is 1. The van der Waals surface area contributed by atoms with Crippen molar-refractivity contribution < 1.29 is 4.79 Å². The SMILES string of the molecule is CC(C)Cc1cccc(C(=O)c2cnccn2)c1. The van der Waals surface area contributed by atoms with Crippen LogP contribution in [0.5, 0.6) is 0 Å². The fourth-order valence-corrected chi connectivity index (χ4v) is 1.88. The molecule has 0 fully saturated rings. The number of ketones is 1. The molecule has 0 aliphatic carbocycles. The minimum absolute atomic E-state index is 0.0753. The zero-order chi connectivity index (χ0) is 13.0. The molecule has 3 nitrogen and oxygen atoms in total. The molecule has 0 radical (unpaired) electrons. The molecule has 0 atom stereocenters. The van der Waals surface area contributed by atoms with Crippen LogP contribution in [0, 0.1) is 5.92 Å². The molecule has 0 amide bonds. The van der Waals surface area contributed by atoms with Gasteiger partial charge < -0.3 is 0 Å². The van der Waals surface area contributed by atoms with Gasteiger partial charge in [-0.15, -0.1) is 0 Å². The summed E-state index contributed by atoms with van der Waals surface area (Å²) in [5, 5.41) is 0. The normalized spacial score (nSPS) is 10.6. The summed E-state index contributed by atoms with van der Waals surface area (Å²) in [4.78, 5) is 20.1. The van der Waals surface area contributed by atoms with E-state index in [1.807, 2.05) is 24.3 Å². The topological polar surface area (TPSA) is 42.9 Å². The lowest BCUT2D eigenvalue weighted by atomic mass is 9.99. The van der Waals surface area contributed by atoms with Crippen LogP contribution in [-0.2, 0) is 6.42 Å². The summed E-state index contributed by atoms with van der Waals surface area (Å²) in [6, 6.07) is 7.73. The van der Waals surface area contributed by atoms with Gasteiger partial charge in [0.1, 0.15) is 5.69 Å². The third-order valence-electron chi connectivity index (χ3n) is 2.63. The molecule has 3 heteroatoms. The first-order valence-electron chi connectivity index (χ1n) is 6.06. The number of hydrogen-bond acceptors (Lipinski definition) is 3. The van der Waals surface area contributed by atoms with Crippen molar-refractivity contribution in [1.82, 2.24) is 9.97 Å². The average Bonchev–Trinajstić information content (AvgIpc) is 2.38. The summed E-state index contributed by atoms with van der Waals surface area (Å²) in [6.45, 7) is 4.33. The summed E-state index contributed by atoms with van der Waals surface area (Å²) < 4.78 is 0. The van der Waals surface area contributed by atoms with Crippen LogP contribution in [0.1, 0.15) is 35.5 Å². The average molecular weight is 240 g/mol. The lowest BCUT2D eigenvalue weighted by molar-refractivity contribution is 0.103. The quantitative estimate of drug-likeness (QED) is 0.772. The molecule has 92 valence electrons. The number of nitrogens with zero attached hydrogens (tertiary/aromatic N) is 2. The van der Waals surface area contributed by atoms with Crippen LogP contribution in [0.25, 0.3) is 0 Å². The van der Waals surface area contributed by atoms with Crippen molar-refractivity contribution in [2.24, 2.45) is 5.92 Å². The summed E-state index contributed by atoms with van der Waals surface area (Å²) in [6.07, 6.45) is 5.57. The minimum atomic E-state index is -0.0753. The van der Waals surface area contributed by atoms with Gasteiger partial charge in [0, 0.05) is 18.0 Å². The maximum Gasteiger partial charge on any atom is 0.212 e. The van der Waals surface area contributed by atoms with Gasteiger partial charge >= 0.3 is 0 Å². The fourth-order valence-electron chi connectivity index (χ4n) is 1.88. The van der Waals surface area contributed by atoms with E-state index in [2.05, 4.69) is 23.8 Å². The Morgan fingerprint density at radius 3 is 2.78 bits per heavy atom. The van der Waals surface area contributed by atoms with Crippen LogP contribution in [0.3, 0.4) is 0 Å². The zero-order valence-electron chi connectivity index (χ0n) is 10.6. The summed E-state index contributed by atoms with van der Waals surface area (Å²) in [5.41, 5.74) is 2.24. The van der Waals surface area contributed by atoms with Gasteiger partial charge in [-0.3, -0.25) is 9.78 Å². The van der Waals surface area contributed by atoms with Crippen LogP contribution in [0.4, 0.5) is 0 Å². The molecule has 0 aliphatic rings. The molecule has 2 aromatic rings. The van der Waals surface area contributed by atoms with Gasteiger partial charge in [-0.1, -0.05) is 32.0 Å². The Kier molecular flexibility index (Phi) is 3.82. The molecular weight excluding hydrogens is 224 g/mol. The molecule has 0 aliphatic heterocycles. The van der Waals surface area contributed by atoms with Gasteiger partial charge in [-0.25, -0.2) is 4.98 Å². The van der Waals surface area contributed by atoms with E-state index in [1.165, 1.54) is 18.0 Å². The first-order valence-corrected chi connectivity index (χ1v) is 6.06. The van der Waals surface area contributed by atoms with E-state index >= 15 is 0 Å². The van der Waals surface area contributed by atoms with Gasteiger partial charge in [0.05, 0.1) is 6.20 Å². The van der Waals surface area contributed by atoms with Crippen molar-refractivity contribution >= 4 is 5.78 Å². The van der Waals surface area contributed by atoms with Crippen molar-refractivity contribution in [2.75, 3.05) is 0 Å². The van der Waals surface area contributed by atoms with E-state index in [9.17, 15) is 4.79 Å². The third kappa shape index (κ3) is 3.00. The molecule has 0 spiro atoms. The number of aromatic nitrogens is 2. The first kappa shape index (κ1) is 12.4. The second-order valence-corrected chi connectivity index (χ2v) is 4.72. The number of benzene rings is 1. The summed E-state index contributed by atoms with van der Waals surface area (Å²) >= 11 is 0. The smallest absolute Gasteiger partial charge is 0.212 e. The molecule has 0 unspecified atom stereocenters. The second kappa shape index (κ2) is 5.54. The Labute approximate surface area is 107 Å². The largest absolute Gasteiger partial charge is 0.287 e. The van der Waals surface area contributed by atoms with Gasteiger partial charge in [0.15, 0.2) is 0 Å². The van der Waals surface area contributed by atoms with Crippen LogP contribution in [0.15, 0.2) is 42.9 Å². The lowest BCUT2D eigenvalue weighted by Crippen LogP contribution is -2.05. The summed E-state index contributed by atoms with van der Waals surface area (Å²) in [7, 11) is 0. The van der Waals surface area contributed by atoms with E-state index < -0.39 is 0 Å². The minimum Gasteiger partial charge on any atom is -0.287 e. The van der Waals surface area contributed by atoms with Gasteiger partial charge in [0.25, 0.3) is 0 Å². The van der Waals surface area contributed by atoms with Crippen LogP contribution in [-0.4, -0.2) is 15.8 Å². The molecule has 0 saturated heterocycles. The van der Waals surface area contributed by atoms with E-state index in [0.717, 1.165) is 6.42 Å². The fraction of sp³-hybridized carbons (Fsp3) is 0.267. The highest BCUT2D eigenvalue weighted by Gasteiger charge is 2.11. The molecule has 0 bridgehead atoms. The highest BCUT2D eigenvalue weighted by atomic mass is 16.1. The highest BCUT2D eigenvalue weighted by Crippen LogP contribution is 2.13. The van der Waals surface area contributed by atoms with Crippen molar-refractivity contribution in [2.45, 2.75) is 20.3 Å². The Morgan fingerprint density at radius 2 is 2.11 bits per heavy atom. The first-order chi connectivity index (χ1) is 8.66. The van der Waals surface area contributed by atoms with Crippen LogP contribution in [0.2, 0.25) is 0 Å². The number of rotatable bonds is 4. The standard InChI is InChI=1S/C15H16N2O/c1-11(2)8-12-4-3-5-13(9-12)15(18)14-10-16-6-7-17-14/h3-7,9-11H,8H2,1-2H3. The number of hydrogen-bond donors (Lipinski definition) is 0. The maximum absolute atomic E-state index is 12.2. The van der Waals surface area contributed by atoms with Crippen LogP contribution < -0.4 is 0 Å². The van der Waals surface area contributed by atoms with Crippen molar-refractivity contribution in [3.05, 3.63) is 59.7 Å². The maximum atomic E-state index is 12.2. The molecule has 1 aromatic carbocycles. The van der Waals surface area contributed by atoms with Crippen molar-refractivity contribution in [3.8, 4) is 0 Å². The molecule has 0 N–H and O–H groups in total. The van der Waals surface area contributed by atoms with E-state index in [4.69, 9.17) is 0 Å². The molecule has 18 heavy (non-hydrogen) atoms. The van der Waals surface area contributed by atoms with E-state index in [0.29, 0.717) is 17.2 Å². The predicted molar refractivity (Wildman–Crippen MR) is 70.4 cm³/mol. The zero-order valence-corrected chi connectivity index (χ0v) is 10.6. The molecule has 1 heterocycles. The lowest BCUT2D eigenvalue weighted by Gasteiger charge is -2.06. The van der Waals surface area contributed by atoms with Crippen molar-refractivity contribution in [1.29, 1.82) is 0 Å². The Hall–Kier alpha value is -2.03. The summed E-state index contributed by atoms with van der Waals surface area (Å²) in [5.74, 6) is 0.501. The van der Waals surface area contributed by atoms with E-state index in [1.54, 1.807) is 6.20 Å². The molecular formula is C15H16N2O. The van der Waals surface area contributed by atoms with Gasteiger partial charge in [0.2, 0.25) is 5.78 Å².